The van der Waals surface area contributed by atoms with Crippen molar-refractivity contribution in [2.75, 3.05) is 5.32 Å². The zero-order valence-electron chi connectivity index (χ0n) is 18.2. The first-order chi connectivity index (χ1) is 15.3. The minimum Gasteiger partial charge on any atom is -0.322 e. The molecule has 4 rings (SSSR count). The number of aryl methyl sites for hydroxylation is 2. The van der Waals surface area contributed by atoms with Crippen LogP contribution in [0.3, 0.4) is 0 Å². The van der Waals surface area contributed by atoms with Gasteiger partial charge in [-0.3, -0.25) is 18.8 Å². The molecular formula is C22H23N5O2S3. The number of carbonyl (C=O) groups excluding carboxylic acids is 1. The number of hydrogen-bond acceptors (Lipinski definition) is 7. The number of nitrogens with one attached hydrogen (secondary N) is 1. The molecule has 1 amide bonds. The summed E-state index contributed by atoms with van der Waals surface area (Å²) in [5.74, 6) is -0.167. The van der Waals surface area contributed by atoms with Crippen LogP contribution in [0.15, 0.2) is 45.5 Å². The van der Waals surface area contributed by atoms with Crippen LogP contribution in [0.2, 0.25) is 0 Å². The van der Waals surface area contributed by atoms with Gasteiger partial charge in [-0.15, -0.1) is 29.3 Å². The van der Waals surface area contributed by atoms with Gasteiger partial charge in [-0.05, 0) is 32.2 Å². The predicted molar refractivity (Wildman–Crippen MR) is 134 cm³/mol. The SMILES string of the molecule is C=CCn1c(SC(C)C(=O)Nc2c(C)nn(C)c2C)nc2scc(-c3cccs3)c2c1=O. The van der Waals surface area contributed by atoms with Gasteiger partial charge in [0, 0.05) is 29.4 Å². The van der Waals surface area contributed by atoms with Crippen LogP contribution in [0.1, 0.15) is 18.3 Å². The third kappa shape index (κ3) is 4.05. The van der Waals surface area contributed by atoms with Crippen molar-refractivity contribution in [1.29, 1.82) is 0 Å². The predicted octanol–water partition coefficient (Wildman–Crippen LogP) is 4.84. The molecule has 32 heavy (non-hydrogen) atoms. The lowest BCUT2D eigenvalue weighted by atomic mass is 10.2. The van der Waals surface area contributed by atoms with E-state index in [0.717, 1.165) is 27.5 Å². The third-order valence-corrected chi connectivity index (χ3v) is 8.03. The van der Waals surface area contributed by atoms with Crippen LogP contribution < -0.4 is 10.9 Å². The van der Waals surface area contributed by atoms with Crippen molar-refractivity contribution in [3.63, 3.8) is 0 Å². The molecule has 0 radical (unpaired) electrons. The summed E-state index contributed by atoms with van der Waals surface area (Å²) in [6.45, 7) is 9.68. The largest absolute Gasteiger partial charge is 0.322 e. The molecule has 4 heterocycles. The molecule has 1 atom stereocenters. The normalized spacial score (nSPS) is 12.2. The van der Waals surface area contributed by atoms with E-state index >= 15 is 0 Å². The number of thiophene rings is 2. The summed E-state index contributed by atoms with van der Waals surface area (Å²) in [5, 5.41) is 11.9. The maximum atomic E-state index is 13.4. The molecule has 0 aromatic carbocycles. The van der Waals surface area contributed by atoms with Crippen LogP contribution in [0.5, 0.6) is 0 Å². The molecule has 4 aromatic heterocycles. The number of fused-ring (bicyclic) bond motifs is 1. The second-order valence-electron chi connectivity index (χ2n) is 7.32. The lowest BCUT2D eigenvalue weighted by molar-refractivity contribution is -0.115. The van der Waals surface area contributed by atoms with Crippen molar-refractivity contribution in [3.05, 3.63) is 57.3 Å². The molecule has 10 heteroatoms. The van der Waals surface area contributed by atoms with E-state index in [1.165, 1.54) is 23.1 Å². The number of rotatable bonds is 7. The molecule has 0 aliphatic heterocycles. The molecule has 1 unspecified atom stereocenters. The number of nitrogens with zero attached hydrogens (tertiary/aromatic N) is 4. The molecule has 0 saturated carbocycles. The monoisotopic (exact) mass is 485 g/mol. The highest BCUT2D eigenvalue weighted by atomic mass is 32.2. The Labute approximate surface area is 197 Å². The Kier molecular flexibility index (Phi) is 6.36. The van der Waals surface area contributed by atoms with E-state index in [9.17, 15) is 9.59 Å². The van der Waals surface area contributed by atoms with Gasteiger partial charge >= 0.3 is 0 Å². The molecule has 1 N–H and O–H groups in total. The van der Waals surface area contributed by atoms with E-state index in [0.29, 0.717) is 21.9 Å². The van der Waals surface area contributed by atoms with Crippen LogP contribution in [0, 0.1) is 13.8 Å². The smallest absolute Gasteiger partial charge is 0.263 e. The molecule has 0 spiro atoms. The van der Waals surface area contributed by atoms with Crippen molar-refractivity contribution in [1.82, 2.24) is 19.3 Å². The molecule has 0 saturated heterocycles. The molecule has 0 aliphatic carbocycles. The average molecular weight is 486 g/mol. The van der Waals surface area contributed by atoms with Gasteiger partial charge in [0.25, 0.3) is 5.56 Å². The average Bonchev–Trinajstić information content (AvgIpc) is 3.47. The summed E-state index contributed by atoms with van der Waals surface area (Å²) in [4.78, 5) is 32.8. The van der Waals surface area contributed by atoms with E-state index in [1.54, 1.807) is 33.6 Å². The molecule has 0 bridgehead atoms. The summed E-state index contributed by atoms with van der Waals surface area (Å²) in [6, 6.07) is 3.97. The van der Waals surface area contributed by atoms with Crippen molar-refractivity contribution >= 4 is 56.2 Å². The summed E-state index contributed by atoms with van der Waals surface area (Å²) in [7, 11) is 1.84. The van der Waals surface area contributed by atoms with Crippen molar-refractivity contribution in [2.45, 2.75) is 37.7 Å². The Morgan fingerprint density at radius 3 is 2.78 bits per heavy atom. The van der Waals surface area contributed by atoms with E-state index < -0.39 is 5.25 Å². The fourth-order valence-corrected chi connectivity index (χ4v) is 6.11. The minimum atomic E-state index is -0.467. The Bertz CT molecular complexity index is 1360. The van der Waals surface area contributed by atoms with Crippen molar-refractivity contribution in [3.8, 4) is 10.4 Å². The summed E-state index contributed by atoms with van der Waals surface area (Å²) in [6.07, 6.45) is 1.67. The molecule has 4 aromatic rings. The highest BCUT2D eigenvalue weighted by Gasteiger charge is 2.23. The van der Waals surface area contributed by atoms with Gasteiger partial charge in [-0.1, -0.05) is 23.9 Å². The van der Waals surface area contributed by atoms with Crippen molar-refractivity contribution in [2.24, 2.45) is 7.05 Å². The number of carbonyl (C=O) groups is 1. The van der Waals surface area contributed by atoms with Gasteiger partial charge in [-0.25, -0.2) is 4.98 Å². The molecule has 0 fully saturated rings. The number of thioether (sulfide) groups is 1. The maximum absolute atomic E-state index is 13.4. The summed E-state index contributed by atoms with van der Waals surface area (Å²) >= 11 is 4.30. The van der Waals surface area contributed by atoms with E-state index in [1.807, 2.05) is 43.8 Å². The zero-order valence-corrected chi connectivity index (χ0v) is 20.7. The summed E-state index contributed by atoms with van der Waals surface area (Å²) in [5.41, 5.74) is 3.15. The molecule has 7 nitrogen and oxygen atoms in total. The lowest BCUT2D eigenvalue weighted by Gasteiger charge is -2.15. The second kappa shape index (κ2) is 9.05. The first kappa shape index (κ1) is 22.5. The number of anilines is 1. The van der Waals surface area contributed by atoms with E-state index in [4.69, 9.17) is 4.98 Å². The van der Waals surface area contributed by atoms with Gasteiger partial charge in [0.2, 0.25) is 5.91 Å². The standard InChI is InChI=1S/C22H23N5O2S3/c1-6-9-27-21(29)17-15(16-8-7-10-30-16)11-31-20(17)24-22(27)32-14(4)19(28)23-18-12(2)25-26(5)13(18)3/h6-8,10-11,14H,1,9H2,2-5H3,(H,23,28). The first-order valence-corrected chi connectivity index (χ1v) is 12.6. The molecular weight excluding hydrogens is 462 g/mol. The van der Waals surface area contributed by atoms with Gasteiger partial charge in [-0.2, -0.15) is 5.10 Å². The topological polar surface area (TPSA) is 81.8 Å². The Morgan fingerprint density at radius 1 is 1.38 bits per heavy atom. The fraction of sp³-hybridized carbons (Fsp3) is 0.273. The molecule has 166 valence electrons. The Morgan fingerprint density at radius 2 is 2.16 bits per heavy atom. The van der Waals surface area contributed by atoms with Gasteiger partial charge in [0.15, 0.2) is 5.16 Å². The Balaban J connectivity index is 1.67. The number of hydrogen-bond donors (Lipinski definition) is 1. The first-order valence-electron chi connectivity index (χ1n) is 9.96. The molecule has 0 aliphatic rings. The maximum Gasteiger partial charge on any atom is 0.263 e. The fourth-order valence-electron chi connectivity index (χ4n) is 3.39. The van der Waals surface area contributed by atoms with Crippen LogP contribution in [-0.2, 0) is 18.4 Å². The van der Waals surface area contributed by atoms with Crippen LogP contribution >= 0.6 is 34.4 Å². The van der Waals surface area contributed by atoms with Crippen LogP contribution in [0.4, 0.5) is 5.69 Å². The third-order valence-electron chi connectivity index (χ3n) is 5.17. The Hall–Kier alpha value is -2.69. The van der Waals surface area contributed by atoms with Crippen LogP contribution in [0.25, 0.3) is 20.7 Å². The summed E-state index contributed by atoms with van der Waals surface area (Å²) < 4.78 is 3.33. The van der Waals surface area contributed by atoms with Gasteiger partial charge in [0.05, 0.1) is 27.7 Å². The van der Waals surface area contributed by atoms with Crippen molar-refractivity contribution < 1.29 is 4.79 Å². The number of amides is 1. The highest BCUT2D eigenvalue weighted by Crippen LogP contribution is 2.35. The number of aromatic nitrogens is 4. The number of allylic oxidation sites excluding steroid dienone is 1. The van der Waals surface area contributed by atoms with E-state index in [-0.39, 0.29) is 11.5 Å². The van der Waals surface area contributed by atoms with Crippen LogP contribution in [-0.4, -0.2) is 30.5 Å². The minimum absolute atomic E-state index is 0.117. The zero-order chi connectivity index (χ0) is 23.0. The van der Waals surface area contributed by atoms with Gasteiger partial charge < -0.3 is 5.32 Å². The lowest BCUT2D eigenvalue weighted by Crippen LogP contribution is -2.27. The van der Waals surface area contributed by atoms with E-state index in [2.05, 4.69) is 17.0 Å². The van der Waals surface area contributed by atoms with Gasteiger partial charge in [0.1, 0.15) is 4.83 Å². The second-order valence-corrected chi connectivity index (χ2v) is 10.4. The quantitative estimate of drug-likeness (QED) is 0.230. The highest BCUT2D eigenvalue weighted by molar-refractivity contribution is 8.00.